The number of piperazine rings is 1. The largest absolute Gasteiger partial charge is 0.486 e. The summed E-state index contributed by atoms with van der Waals surface area (Å²) >= 11 is 0. The minimum Gasteiger partial charge on any atom is -0.486 e. The minimum atomic E-state index is 0.0524. The SMILES string of the molecule is O=C(c1cccc2c1OCCO2)N1CCN(C2CCNC2)CC1. The van der Waals surface area contributed by atoms with Gasteiger partial charge in [0, 0.05) is 38.8 Å². The molecular formula is C17H23N3O3. The van der Waals surface area contributed by atoms with Crippen LogP contribution < -0.4 is 14.8 Å². The van der Waals surface area contributed by atoms with Gasteiger partial charge in [-0.3, -0.25) is 9.69 Å². The van der Waals surface area contributed by atoms with Crippen molar-refractivity contribution in [1.82, 2.24) is 15.1 Å². The fourth-order valence-corrected chi connectivity index (χ4v) is 3.65. The molecule has 124 valence electrons. The molecule has 0 aliphatic carbocycles. The summed E-state index contributed by atoms with van der Waals surface area (Å²) in [5.74, 6) is 1.33. The Morgan fingerprint density at radius 2 is 1.96 bits per heavy atom. The predicted molar refractivity (Wildman–Crippen MR) is 86.2 cm³/mol. The first-order chi connectivity index (χ1) is 11.3. The number of fused-ring (bicyclic) bond motifs is 1. The van der Waals surface area contributed by atoms with Gasteiger partial charge in [-0.2, -0.15) is 0 Å². The number of rotatable bonds is 2. The van der Waals surface area contributed by atoms with Gasteiger partial charge in [0.25, 0.3) is 5.91 Å². The summed E-state index contributed by atoms with van der Waals surface area (Å²) in [4.78, 5) is 17.3. The summed E-state index contributed by atoms with van der Waals surface area (Å²) in [6.07, 6.45) is 1.21. The highest BCUT2D eigenvalue weighted by atomic mass is 16.6. The van der Waals surface area contributed by atoms with Gasteiger partial charge < -0.3 is 19.7 Å². The van der Waals surface area contributed by atoms with Gasteiger partial charge in [0.05, 0.1) is 5.56 Å². The Kier molecular flexibility index (Phi) is 4.10. The van der Waals surface area contributed by atoms with E-state index in [1.165, 1.54) is 6.42 Å². The summed E-state index contributed by atoms with van der Waals surface area (Å²) < 4.78 is 11.3. The normalized spacial score (nSPS) is 24.7. The smallest absolute Gasteiger partial charge is 0.257 e. The van der Waals surface area contributed by atoms with Crippen molar-refractivity contribution in [3.63, 3.8) is 0 Å². The number of amides is 1. The minimum absolute atomic E-state index is 0.0524. The van der Waals surface area contributed by atoms with Crippen molar-refractivity contribution < 1.29 is 14.3 Å². The van der Waals surface area contributed by atoms with Crippen molar-refractivity contribution >= 4 is 5.91 Å². The van der Waals surface area contributed by atoms with E-state index < -0.39 is 0 Å². The Labute approximate surface area is 136 Å². The third-order valence-corrected chi connectivity index (χ3v) is 4.95. The fraction of sp³-hybridized carbons (Fsp3) is 0.588. The lowest BCUT2D eigenvalue weighted by Crippen LogP contribution is -2.52. The van der Waals surface area contributed by atoms with E-state index in [9.17, 15) is 4.79 Å². The van der Waals surface area contributed by atoms with Crippen molar-refractivity contribution in [3.05, 3.63) is 23.8 Å². The van der Waals surface area contributed by atoms with Crippen molar-refractivity contribution in [1.29, 1.82) is 0 Å². The molecule has 6 nitrogen and oxygen atoms in total. The van der Waals surface area contributed by atoms with Gasteiger partial charge >= 0.3 is 0 Å². The second-order valence-corrected chi connectivity index (χ2v) is 6.30. The molecule has 0 bridgehead atoms. The van der Waals surface area contributed by atoms with Gasteiger partial charge in [0.2, 0.25) is 0 Å². The zero-order chi connectivity index (χ0) is 15.6. The van der Waals surface area contributed by atoms with E-state index in [1.807, 2.05) is 23.1 Å². The lowest BCUT2D eigenvalue weighted by atomic mass is 10.1. The summed E-state index contributed by atoms with van der Waals surface area (Å²) in [6, 6.07) is 6.19. The zero-order valence-corrected chi connectivity index (χ0v) is 13.3. The lowest BCUT2D eigenvalue weighted by Gasteiger charge is -2.38. The maximum Gasteiger partial charge on any atom is 0.257 e. The first kappa shape index (κ1) is 14.8. The van der Waals surface area contributed by atoms with Gasteiger partial charge in [-0.1, -0.05) is 6.07 Å². The lowest BCUT2D eigenvalue weighted by molar-refractivity contribution is 0.0575. The van der Waals surface area contributed by atoms with Crippen molar-refractivity contribution in [2.45, 2.75) is 12.5 Å². The molecule has 1 atom stereocenters. The predicted octanol–water partition coefficient (Wildman–Crippen LogP) is 0.577. The van der Waals surface area contributed by atoms with E-state index in [0.717, 1.165) is 39.3 Å². The van der Waals surface area contributed by atoms with Crippen LogP contribution in [0, 0.1) is 0 Å². The van der Waals surface area contributed by atoms with Crippen LogP contribution in [0.15, 0.2) is 18.2 Å². The summed E-state index contributed by atoms with van der Waals surface area (Å²) in [6.45, 7) is 6.68. The summed E-state index contributed by atoms with van der Waals surface area (Å²) in [5.41, 5.74) is 0.623. The molecule has 4 rings (SSSR count). The van der Waals surface area contributed by atoms with Crippen LogP contribution in [0.1, 0.15) is 16.8 Å². The second kappa shape index (κ2) is 6.37. The quantitative estimate of drug-likeness (QED) is 0.865. The van der Waals surface area contributed by atoms with Crippen molar-refractivity contribution in [2.75, 3.05) is 52.5 Å². The molecule has 0 radical (unpaired) electrons. The molecule has 3 heterocycles. The Balaban J connectivity index is 1.44. The average Bonchev–Trinajstić information content (AvgIpc) is 3.15. The molecule has 1 aromatic rings. The molecule has 3 aliphatic rings. The topological polar surface area (TPSA) is 54.0 Å². The maximum absolute atomic E-state index is 12.9. The number of hydrogen-bond donors (Lipinski definition) is 1. The Morgan fingerprint density at radius 3 is 2.74 bits per heavy atom. The number of carbonyl (C=O) groups is 1. The maximum atomic E-state index is 12.9. The molecule has 0 aromatic heterocycles. The van der Waals surface area contributed by atoms with Crippen LogP contribution in [-0.4, -0.2) is 74.2 Å². The molecule has 0 spiro atoms. The zero-order valence-electron chi connectivity index (χ0n) is 13.3. The molecule has 2 fully saturated rings. The Morgan fingerprint density at radius 1 is 1.13 bits per heavy atom. The number of nitrogens with zero attached hydrogens (tertiary/aromatic N) is 2. The third kappa shape index (κ3) is 2.88. The third-order valence-electron chi connectivity index (χ3n) is 4.95. The van der Waals surface area contributed by atoms with Crippen LogP contribution in [0.2, 0.25) is 0 Å². The van der Waals surface area contributed by atoms with Gasteiger partial charge in [0.15, 0.2) is 11.5 Å². The van der Waals surface area contributed by atoms with E-state index in [1.54, 1.807) is 0 Å². The Bertz CT molecular complexity index is 578. The van der Waals surface area contributed by atoms with Gasteiger partial charge in [-0.15, -0.1) is 0 Å². The van der Waals surface area contributed by atoms with Crippen LogP contribution in [0.4, 0.5) is 0 Å². The molecule has 0 saturated carbocycles. The molecule has 1 amide bonds. The number of hydrogen-bond acceptors (Lipinski definition) is 5. The summed E-state index contributed by atoms with van der Waals surface area (Å²) in [7, 11) is 0. The van der Waals surface area contributed by atoms with Gasteiger partial charge in [-0.05, 0) is 25.1 Å². The number of benzene rings is 1. The number of carbonyl (C=O) groups excluding carboxylic acids is 1. The van der Waals surface area contributed by atoms with E-state index in [0.29, 0.717) is 36.3 Å². The molecule has 23 heavy (non-hydrogen) atoms. The van der Waals surface area contributed by atoms with E-state index in [2.05, 4.69) is 10.2 Å². The number of ether oxygens (including phenoxy) is 2. The fourth-order valence-electron chi connectivity index (χ4n) is 3.65. The first-order valence-corrected chi connectivity index (χ1v) is 8.45. The second-order valence-electron chi connectivity index (χ2n) is 6.30. The van der Waals surface area contributed by atoms with Crippen LogP contribution >= 0.6 is 0 Å². The molecule has 1 N–H and O–H groups in total. The first-order valence-electron chi connectivity index (χ1n) is 8.45. The highest BCUT2D eigenvalue weighted by molar-refractivity contribution is 5.98. The van der Waals surface area contributed by atoms with Gasteiger partial charge in [0.1, 0.15) is 13.2 Å². The number of para-hydroxylation sites is 1. The van der Waals surface area contributed by atoms with E-state index >= 15 is 0 Å². The van der Waals surface area contributed by atoms with Crippen LogP contribution in [-0.2, 0) is 0 Å². The van der Waals surface area contributed by atoms with Crippen LogP contribution in [0.25, 0.3) is 0 Å². The average molecular weight is 317 g/mol. The van der Waals surface area contributed by atoms with E-state index in [-0.39, 0.29) is 5.91 Å². The van der Waals surface area contributed by atoms with Crippen LogP contribution in [0.3, 0.4) is 0 Å². The molecule has 1 unspecified atom stereocenters. The number of nitrogens with one attached hydrogen (secondary N) is 1. The molecule has 6 heteroatoms. The molecule has 3 aliphatic heterocycles. The van der Waals surface area contributed by atoms with Gasteiger partial charge in [-0.25, -0.2) is 0 Å². The highest BCUT2D eigenvalue weighted by Crippen LogP contribution is 2.34. The monoisotopic (exact) mass is 317 g/mol. The standard InChI is InChI=1S/C17H23N3O3/c21-17(14-2-1-3-15-16(14)23-11-10-22-15)20-8-6-19(7-9-20)13-4-5-18-12-13/h1-3,13,18H,4-12H2. The molecule has 2 saturated heterocycles. The van der Waals surface area contributed by atoms with Crippen molar-refractivity contribution in [2.24, 2.45) is 0 Å². The molecular weight excluding hydrogens is 294 g/mol. The van der Waals surface area contributed by atoms with E-state index in [4.69, 9.17) is 9.47 Å². The van der Waals surface area contributed by atoms with Crippen molar-refractivity contribution in [3.8, 4) is 11.5 Å². The van der Waals surface area contributed by atoms with Crippen LogP contribution in [0.5, 0.6) is 11.5 Å². The summed E-state index contributed by atoms with van der Waals surface area (Å²) in [5, 5.41) is 3.41. The Hall–Kier alpha value is -1.79. The molecule has 1 aromatic carbocycles. The highest BCUT2D eigenvalue weighted by Gasteiger charge is 2.30.